The molecule has 2 amide bonds. The maximum Gasteiger partial charge on any atom is 0.255 e. The lowest BCUT2D eigenvalue weighted by Crippen LogP contribution is -2.48. The van der Waals surface area contributed by atoms with Gasteiger partial charge in [-0.2, -0.15) is 0 Å². The summed E-state index contributed by atoms with van der Waals surface area (Å²) < 4.78 is 0. The Balaban J connectivity index is 1.65. The molecule has 1 aliphatic rings. The average Bonchev–Trinajstić information content (AvgIpc) is 2.98. The van der Waals surface area contributed by atoms with E-state index < -0.39 is 6.04 Å². The minimum absolute atomic E-state index is 0.0518. The molecule has 4 nitrogen and oxygen atoms in total. The fraction of sp³-hybridized carbons (Fsp3) is 0.364. The summed E-state index contributed by atoms with van der Waals surface area (Å²) in [6.07, 6.45) is 1.37. The van der Waals surface area contributed by atoms with E-state index in [9.17, 15) is 9.59 Å². The molecule has 0 bridgehead atoms. The number of hydrogen-bond acceptors (Lipinski definition) is 2. The molecule has 1 heterocycles. The van der Waals surface area contributed by atoms with Crippen LogP contribution in [0.3, 0.4) is 0 Å². The van der Waals surface area contributed by atoms with Gasteiger partial charge in [0.05, 0.1) is 0 Å². The van der Waals surface area contributed by atoms with Crippen molar-refractivity contribution in [3.8, 4) is 0 Å². The molecule has 0 aliphatic carbocycles. The van der Waals surface area contributed by atoms with Gasteiger partial charge in [0, 0.05) is 23.7 Å². The number of amides is 2. The quantitative estimate of drug-likeness (QED) is 0.782. The molecule has 0 fully saturated rings. The van der Waals surface area contributed by atoms with Gasteiger partial charge in [-0.05, 0) is 48.1 Å². The Morgan fingerprint density at radius 3 is 2.52 bits per heavy atom. The zero-order valence-corrected chi connectivity index (χ0v) is 16.5. The SMILES string of the molecule is CC(C)C[C@@H](C(=O)NCCc1ccc(Cl)cc1)N1Cc2ccccc2C1=O. The molecule has 2 aromatic carbocycles. The van der Waals surface area contributed by atoms with E-state index in [0.717, 1.165) is 17.5 Å². The molecular formula is C22H25ClN2O2. The molecule has 0 aromatic heterocycles. The maximum absolute atomic E-state index is 12.9. The molecule has 0 saturated carbocycles. The van der Waals surface area contributed by atoms with Crippen LogP contribution in [-0.4, -0.2) is 29.3 Å². The first-order chi connectivity index (χ1) is 13.0. The van der Waals surface area contributed by atoms with Gasteiger partial charge in [0.1, 0.15) is 6.04 Å². The topological polar surface area (TPSA) is 49.4 Å². The largest absolute Gasteiger partial charge is 0.354 e. The number of carbonyl (C=O) groups is 2. The number of hydrogen-bond donors (Lipinski definition) is 1. The zero-order chi connectivity index (χ0) is 19.4. The van der Waals surface area contributed by atoms with E-state index in [4.69, 9.17) is 11.6 Å². The third kappa shape index (κ3) is 4.69. The van der Waals surface area contributed by atoms with E-state index in [2.05, 4.69) is 19.2 Å². The van der Waals surface area contributed by atoms with E-state index >= 15 is 0 Å². The average molecular weight is 385 g/mol. The van der Waals surface area contributed by atoms with E-state index in [1.165, 1.54) is 0 Å². The van der Waals surface area contributed by atoms with Crippen LogP contribution >= 0.6 is 11.6 Å². The van der Waals surface area contributed by atoms with Gasteiger partial charge in [0.2, 0.25) is 5.91 Å². The number of benzene rings is 2. The van der Waals surface area contributed by atoms with Crippen molar-refractivity contribution in [2.75, 3.05) is 6.54 Å². The van der Waals surface area contributed by atoms with Crippen LogP contribution in [0.4, 0.5) is 0 Å². The van der Waals surface area contributed by atoms with Crippen LogP contribution in [-0.2, 0) is 17.8 Å². The van der Waals surface area contributed by atoms with E-state index in [1.54, 1.807) is 4.90 Å². The van der Waals surface area contributed by atoms with Crippen LogP contribution in [0, 0.1) is 5.92 Å². The van der Waals surface area contributed by atoms with Crippen molar-refractivity contribution in [2.24, 2.45) is 5.92 Å². The molecule has 1 atom stereocenters. The molecule has 0 unspecified atom stereocenters. The van der Waals surface area contributed by atoms with Crippen molar-refractivity contribution < 1.29 is 9.59 Å². The van der Waals surface area contributed by atoms with E-state index in [0.29, 0.717) is 36.0 Å². The first-order valence-electron chi connectivity index (χ1n) is 9.36. The molecule has 0 radical (unpaired) electrons. The fourth-order valence-corrected chi connectivity index (χ4v) is 3.58. The first-order valence-corrected chi connectivity index (χ1v) is 9.74. The third-order valence-electron chi connectivity index (χ3n) is 4.85. The van der Waals surface area contributed by atoms with Crippen molar-refractivity contribution >= 4 is 23.4 Å². The van der Waals surface area contributed by atoms with Gasteiger partial charge in [-0.25, -0.2) is 0 Å². The summed E-state index contributed by atoms with van der Waals surface area (Å²) >= 11 is 5.90. The standard InChI is InChI=1S/C22H25ClN2O2/c1-15(2)13-20(25-14-17-5-3-4-6-19(17)22(25)27)21(26)24-12-11-16-7-9-18(23)10-8-16/h3-10,15,20H,11-14H2,1-2H3,(H,24,26)/t20-/m0/s1. The summed E-state index contributed by atoms with van der Waals surface area (Å²) in [5.41, 5.74) is 2.82. The third-order valence-corrected chi connectivity index (χ3v) is 5.10. The Bertz CT molecular complexity index is 817. The Morgan fingerprint density at radius 2 is 1.85 bits per heavy atom. The normalized spacial score (nSPS) is 14.4. The zero-order valence-electron chi connectivity index (χ0n) is 15.7. The molecule has 2 aromatic rings. The van der Waals surface area contributed by atoms with Gasteiger partial charge in [-0.3, -0.25) is 9.59 Å². The first kappa shape index (κ1) is 19.4. The molecule has 27 heavy (non-hydrogen) atoms. The van der Waals surface area contributed by atoms with Crippen molar-refractivity contribution in [1.82, 2.24) is 10.2 Å². The summed E-state index contributed by atoms with van der Waals surface area (Å²) in [6.45, 7) is 5.17. The molecule has 1 aliphatic heterocycles. The molecule has 0 spiro atoms. The number of halogens is 1. The molecule has 1 N–H and O–H groups in total. The van der Waals surface area contributed by atoms with Gasteiger partial charge in [0.15, 0.2) is 0 Å². The lowest BCUT2D eigenvalue weighted by Gasteiger charge is -2.28. The van der Waals surface area contributed by atoms with Crippen molar-refractivity contribution in [1.29, 1.82) is 0 Å². The monoisotopic (exact) mass is 384 g/mol. The van der Waals surface area contributed by atoms with E-state index in [1.807, 2.05) is 48.5 Å². The minimum atomic E-state index is -0.449. The van der Waals surface area contributed by atoms with E-state index in [-0.39, 0.29) is 11.8 Å². The van der Waals surface area contributed by atoms with Crippen molar-refractivity contribution in [3.63, 3.8) is 0 Å². The summed E-state index contributed by atoms with van der Waals surface area (Å²) in [5, 5.41) is 3.71. The molecule has 0 saturated heterocycles. The Kier molecular flexibility index (Phi) is 6.17. The fourth-order valence-electron chi connectivity index (χ4n) is 3.45. The number of rotatable bonds is 7. The second-order valence-electron chi connectivity index (χ2n) is 7.40. The predicted molar refractivity (Wildman–Crippen MR) is 108 cm³/mol. The van der Waals surface area contributed by atoms with Crippen LogP contribution in [0.5, 0.6) is 0 Å². The van der Waals surface area contributed by atoms with Crippen LogP contribution in [0.1, 0.15) is 41.8 Å². The molecular weight excluding hydrogens is 360 g/mol. The van der Waals surface area contributed by atoms with Crippen LogP contribution < -0.4 is 5.32 Å². The Morgan fingerprint density at radius 1 is 1.15 bits per heavy atom. The highest BCUT2D eigenvalue weighted by atomic mass is 35.5. The van der Waals surface area contributed by atoms with Crippen molar-refractivity contribution in [3.05, 3.63) is 70.2 Å². The number of nitrogens with zero attached hydrogens (tertiary/aromatic N) is 1. The highest BCUT2D eigenvalue weighted by molar-refractivity contribution is 6.30. The summed E-state index contributed by atoms with van der Waals surface area (Å²) in [6, 6.07) is 14.8. The minimum Gasteiger partial charge on any atom is -0.354 e. The molecule has 5 heteroatoms. The van der Waals surface area contributed by atoms with Gasteiger partial charge in [0.25, 0.3) is 5.91 Å². The van der Waals surface area contributed by atoms with Crippen LogP contribution in [0.25, 0.3) is 0 Å². The van der Waals surface area contributed by atoms with Crippen molar-refractivity contribution in [2.45, 2.75) is 39.3 Å². The van der Waals surface area contributed by atoms with Crippen LogP contribution in [0.2, 0.25) is 5.02 Å². The second-order valence-corrected chi connectivity index (χ2v) is 7.84. The van der Waals surface area contributed by atoms with Gasteiger partial charge >= 0.3 is 0 Å². The predicted octanol–water partition coefficient (Wildman–Crippen LogP) is 4.07. The van der Waals surface area contributed by atoms with Gasteiger partial charge < -0.3 is 10.2 Å². The maximum atomic E-state index is 12.9. The van der Waals surface area contributed by atoms with Gasteiger partial charge in [-0.15, -0.1) is 0 Å². The highest BCUT2D eigenvalue weighted by Crippen LogP contribution is 2.26. The van der Waals surface area contributed by atoms with Crippen LogP contribution in [0.15, 0.2) is 48.5 Å². The highest BCUT2D eigenvalue weighted by Gasteiger charge is 2.36. The molecule has 142 valence electrons. The number of nitrogens with one attached hydrogen (secondary N) is 1. The number of fused-ring (bicyclic) bond motifs is 1. The molecule has 3 rings (SSSR count). The smallest absolute Gasteiger partial charge is 0.255 e. The number of carbonyl (C=O) groups excluding carboxylic acids is 2. The second kappa shape index (κ2) is 8.57. The van der Waals surface area contributed by atoms with Gasteiger partial charge in [-0.1, -0.05) is 55.8 Å². The summed E-state index contributed by atoms with van der Waals surface area (Å²) in [5.74, 6) is 0.177. The Hall–Kier alpha value is -2.33. The lowest BCUT2D eigenvalue weighted by molar-refractivity contribution is -0.126. The Labute approximate surface area is 165 Å². The summed E-state index contributed by atoms with van der Waals surface area (Å²) in [4.78, 5) is 27.4. The lowest BCUT2D eigenvalue weighted by atomic mass is 10.0. The summed E-state index contributed by atoms with van der Waals surface area (Å²) in [7, 11) is 0.